The Bertz CT molecular complexity index is 945. The summed E-state index contributed by atoms with van der Waals surface area (Å²) in [6.45, 7) is 2.91. The number of para-hydroxylation sites is 3. The van der Waals surface area contributed by atoms with E-state index in [-0.39, 0.29) is 18.9 Å². The Kier molecular flexibility index (Phi) is 6.08. The van der Waals surface area contributed by atoms with E-state index in [1.165, 1.54) is 4.31 Å². The number of nitrogens with one attached hydrogen (secondary N) is 1. The first-order valence-corrected chi connectivity index (χ1v) is 11.0. The normalized spacial score (nSPS) is 16.5. The van der Waals surface area contributed by atoms with Crippen LogP contribution in [0.3, 0.4) is 0 Å². The number of fused-ring (bicyclic) bond motifs is 1. The summed E-state index contributed by atoms with van der Waals surface area (Å²) in [5, 5.41) is 2.87. The predicted molar refractivity (Wildman–Crippen MR) is 107 cm³/mol. The van der Waals surface area contributed by atoms with Crippen LogP contribution >= 0.6 is 0 Å². The van der Waals surface area contributed by atoms with Gasteiger partial charge in [-0.15, -0.1) is 0 Å². The molecule has 28 heavy (non-hydrogen) atoms. The average molecular weight is 404 g/mol. The quantitative estimate of drug-likeness (QED) is 0.799. The van der Waals surface area contributed by atoms with E-state index >= 15 is 0 Å². The number of anilines is 1. The van der Waals surface area contributed by atoms with Gasteiger partial charge in [0.05, 0.1) is 18.6 Å². The van der Waals surface area contributed by atoms with Gasteiger partial charge in [0.1, 0.15) is 11.5 Å². The summed E-state index contributed by atoms with van der Waals surface area (Å²) < 4.78 is 37.0. The number of carbonyl (C=O) groups is 1. The minimum absolute atomic E-state index is 0.170. The van der Waals surface area contributed by atoms with Crippen molar-refractivity contribution in [2.75, 3.05) is 23.7 Å². The van der Waals surface area contributed by atoms with E-state index in [4.69, 9.17) is 9.47 Å². The van der Waals surface area contributed by atoms with Crippen LogP contribution in [0.15, 0.2) is 48.5 Å². The summed E-state index contributed by atoms with van der Waals surface area (Å²) in [7, 11) is -3.47. The Morgan fingerprint density at radius 1 is 1.21 bits per heavy atom. The maximum absolute atomic E-state index is 12.7. The van der Waals surface area contributed by atoms with E-state index in [9.17, 15) is 13.2 Å². The van der Waals surface area contributed by atoms with Gasteiger partial charge in [0.25, 0.3) is 5.91 Å². The second-order valence-electron chi connectivity index (χ2n) is 6.46. The average Bonchev–Trinajstić information content (AvgIpc) is 2.87. The first-order valence-electron chi connectivity index (χ1n) is 9.12. The molecule has 1 atom stereocenters. The summed E-state index contributed by atoms with van der Waals surface area (Å²) in [5.41, 5.74) is 1.31. The number of benzene rings is 2. The Morgan fingerprint density at radius 2 is 1.93 bits per heavy atom. The van der Waals surface area contributed by atoms with Gasteiger partial charge in [0.15, 0.2) is 6.10 Å². The standard InChI is InChI=1S/C20H24N2O5S/c1-3-26-17-10-6-4-8-15(17)14-21-20(23)19-12-13-22(28(2,24)25)16-9-5-7-11-18(16)27-19/h4-11,19H,3,12-14H2,1-2H3,(H,21,23)/t19-/m0/s1. The number of hydrogen-bond acceptors (Lipinski definition) is 5. The minimum atomic E-state index is -3.47. The molecule has 150 valence electrons. The molecule has 0 aromatic heterocycles. The number of rotatable bonds is 6. The highest BCUT2D eigenvalue weighted by Crippen LogP contribution is 2.33. The van der Waals surface area contributed by atoms with Gasteiger partial charge in [-0.05, 0) is 25.1 Å². The van der Waals surface area contributed by atoms with Gasteiger partial charge >= 0.3 is 0 Å². The van der Waals surface area contributed by atoms with Crippen LogP contribution < -0.4 is 19.1 Å². The molecule has 0 radical (unpaired) electrons. The molecule has 7 nitrogen and oxygen atoms in total. The fraction of sp³-hybridized carbons (Fsp3) is 0.350. The topological polar surface area (TPSA) is 84.9 Å². The first kappa shape index (κ1) is 20.0. The monoisotopic (exact) mass is 404 g/mol. The van der Waals surface area contributed by atoms with Crippen LogP contribution in [0.1, 0.15) is 18.9 Å². The van der Waals surface area contributed by atoms with E-state index < -0.39 is 16.1 Å². The fourth-order valence-corrected chi connectivity index (χ4v) is 4.05. The molecule has 1 aliphatic rings. The molecule has 1 amide bonds. The highest BCUT2D eigenvalue weighted by molar-refractivity contribution is 7.92. The molecule has 8 heteroatoms. The summed E-state index contributed by atoms with van der Waals surface area (Å²) in [6.07, 6.45) is 0.613. The van der Waals surface area contributed by atoms with Crippen molar-refractivity contribution < 1.29 is 22.7 Å². The fourth-order valence-electron chi connectivity index (χ4n) is 3.10. The highest BCUT2D eigenvalue weighted by atomic mass is 32.2. The smallest absolute Gasteiger partial charge is 0.261 e. The van der Waals surface area contributed by atoms with Gasteiger partial charge in [-0.2, -0.15) is 0 Å². The molecule has 0 bridgehead atoms. The Balaban J connectivity index is 1.74. The Morgan fingerprint density at radius 3 is 2.68 bits per heavy atom. The third kappa shape index (κ3) is 4.56. The van der Waals surface area contributed by atoms with Crippen molar-refractivity contribution in [3.8, 4) is 11.5 Å². The van der Waals surface area contributed by atoms with Crippen molar-refractivity contribution in [2.45, 2.75) is 26.0 Å². The molecule has 0 saturated heterocycles. The summed E-state index contributed by atoms with van der Waals surface area (Å²) in [4.78, 5) is 12.7. The Hall–Kier alpha value is -2.74. The van der Waals surface area contributed by atoms with Crippen LogP contribution in [0.25, 0.3) is 0 Å². The third-order valence-electron chi connectivity index (χ3n) is 4.42. The molecular formula is C20H24N2O5S. The van der Waals surface area contributed by atoms with E-state index in [1.807, 2.05) is 31.2 Å². The van der Waals surface area contributed by atoms with Crippen molar-refractivity contribution >= 4 is 21.6 Å². The molecule has 0 fully saturated rings. The van der Waals surface area contributed by atoms with Crippen molar-refractivity contribution in [3.63, 3.8) is 0 Å². The van der Waals surface area contributed by atoms with Crippen LogP contribution in [0.5, 0.6) is 11.5 Å². The van der Waals surface area contributed by atoms with Crippen LogP contribution in [0.4, 0.5) is 5.69 Å². The van der Waals surface area contributed by atoms with Gasteiger partial charge < -0.3 is 14.8 Å². The van der Waals surface area contributed by atoms with Gasteiger partial charge in [0, 0.05) is 25.1 Å². The molecule has 0 saturated carbocycles. The summed E-state index contributed by atoms with van der Waals surface area (Å²) in [5.74, 6) is 0.803. The lowest BCUT2D eigenvalue weighted by Gasteiger charge is -2.20. The molecule has 2 aromatic rings. The molecule has 1 N–H and O–H groups in total. The number of amides is 1. The van der Waals surface area contributed by atoms with E-state index in [0.717, 1.165) is 17.6 Å². The maximum Gasteiger partial charge on any atom is 0.261 e. The van der Waals surface area contributed by atoms with Gasteiger partial charge in [-0.25, -0.2) is 8.42 Å². The number of sulfonamides is 1. The lowest BCUT2D eigenvalue weighted by atomic mass is 10.2. The molecule has 1 heterocycles. The van der Waals surface area contributed by atoms with Gasteiger partial charge in [0.2, 0.25) is 10.0 Å². The number of nitrogens with zero attached hydrogens (tertiary/aromatic N) is 1. The van der Waals surface area contributed by atoms with Crippen LogP contribution in [0, 0.1) is 0 Å². The van der Waals surface area contributed by atoms with E-state index in [1.54, 1.807) is 24.3 Å². The van der Waals surface area contributed by atoms with Gasteiger partial charge in [-0.3, -0.25) is 9.10 Å². The number of hydrogen-bond donors (Lipinski definition) is 1. The van der Waals surface area contributed by atoms with Crippen molar-refractivity contribution in [3.05, 3.63) is 54.1 Å². The van der Waals surface area contributed by atoms with E-state index in [2.05, 4.69) is 5.32 Å². The predicted octanol–water partition coefficient (Wildman–Crippen LogP) is 2.32. The minimum Gasteiger partial charge on any atom is -0.494 e. The lowest BCUT2D eigenvalue weighted by molar-refractivity contribution is -0.128. The number of ether oxygens (including phenoxy) is 2. The molecule has 3 rings (SSSR count). The third-order valence-corrected chi connectivity index (χ3v) is 5.60. The lowest BCUT2D eigenvalue weighted by Crippen LogP contribution is -2.39. The zero-order chi connectivity index (χ0) is 20.1. The van der Waals surface area contributed by atoms with Crippen molar-refractivity contribution in [2.24, 2.45) is 0 Å². The molecule has 2 aromatic carbocycles. The molecule has 0 aliphatic carbocycles. The second kappa shape index (κ2) is 8.52. The molecule has 0 unspecified atom stereocenters. The van der Waals surface area contributed by atoms with E-state index in [0.29, 0.717) is 24.6 Å². The van der Waals surface area contributed by atoms with Crippen molar-refractivity contribution in [1.29, 1.82) is 0 Å². The molecular weight excluding hydrogens is 380 g/mol. The maximum atomic E-state index is 12.7. The van der Waals surface area contributed by atoms with Crippen LogP contribution in [-0.2, 0) is 21.4 Å². The largest absolute Gasteiger partial charge is 0.494 e. The first-order chi connectivity index (χ1) is 13.4. The SMILES string of the molecule is CCOc1ccccc1CNC(=O)[C@@H]1CCN(S(C)(=O)=O)c2ccccc2O1. The summed E-state index contributed by atoms with van der Waals surface area (Å²) >= 11 is 0. The zero-order valence-corrected chi connectivity index (χ0v) is 16.7. The van der Waals surface area contributed by atoms with Crippen molar-refractivity contribution in [1.82, 2.24) is 5.32 Å². The number of carbonyl (C=O) groups excluding carboxylic acids is 1. The molecule has 0 spiro atoms. The highest BCUT2D eigenvalue weighted by Gasteiger charge is 2.30. The second-order valence-corrected chi connectivity index (χ2v) is 8.36. The summed E-state index contributed by atoms with van der Waals surface area (Å²) in [6, 6.07) is 14.3. The zero-order valence-electron chi connectivity index (χ0n) is 15.9. The van der Waals surface area contributed by atoms with Crippen LogP contribution in [-0.4, -0.2) is 39.8 Å². The van der Waals surface area contributed by atoms with Gasteiger partial charge in [-0.1, -0.05) is 30.3 Å². The molecule has 1 aliphatic heterocycles. The Labute approximate surface area is 165 Å². The van der Waals surface area contributed by atoms with Crippen LogP contribution in [0.2, 0.25) is 0 Å².